The van der Waals surface area contributed by atoms with Gasteiger partial charge >= 0.3 is 0 Å². The second kappa shape index (κ2) is 9.28. The van der Waals surface area contributed by atoms with Crippen LogP contribution in [0.1, 0.15) is 0 Å². The summed E-state index contributed by atoms with van der Waals surface area (Å²) in [5, 5.41) is 4.06. The third-order valence-corrected chi connectivity index (χ3v) is 4.39. The predicted molar refractivity (Wildman–Crippen MR) is 102 cm³/mol. The molecule has 2 rings (SSSR count). The fourth-order valence-corrected chi connectivity index (χ4v) is 3.05. The van der Waals surface area contributed by atoms with Crippen molar-refractivity contribution < 1.29 is 0 Å². The van der Waals surface area contributed by atoms with Crippen LogP contribution < -0.4 is 10.2 Å². The molecule has 0 heterocycles. The molecule has 0 fully saturated rings. The summed E-state index contributed by atoms with van der Waals surface area (Å²) in [5.74, 6) is 0.973. The molecule has 0 saturated heterocycles. The van der Waals surface area contributed by atoms with Gasteiger partial charge in [0.25, 0.3) is 0 Å². The molecule has 0 aliphatic heterocycles. The summed E-state index contributed by atoms with van der Waals surface area (Å²) < 4.78 is 0. The highest BCUT2D eigenvalue weighted by Gasteiger charge is 2.09. The Morgan fingerprint density at radius 3 is 2.36 bits per heavy atom. The Hall–Kier alpha value is -1.78. The molecule has 0 unspecified atom stereocenters. The van der Waals surface area contributed by atoms with Gasteiger partial charge in [0.2, 0.25) is 0 Å². The van der Waals surface area contributed by atoms with E-state index in [0.717, 1.165) is 23.1 Å². The van der Waals surface area contributed by atoms with Crippen LogP contribution >= 0.6 is 24.0 Å². The number of thioether (sulfide) groups is 1. The van der Waals surface area contributed by atoms with Gasteiger partial charge in [0, 0.05) is 29.4 Å². The van der Waals surface area contributed by atoms with Crippen LogP contribution in [0.4, 0.5) is 5.69 Å². The van der Waals surface area contributed by atoms with E-state index in [4.69, 9.17) is 12.2 Å². The van der Waals surface area contributed by atoms with Gasteiger partial charge in [-0.15, -0.1) is 18.3 Å². The Labute approximate surface area is 142 Å². The predicted octanol–water partition coefficient (Wildman–Crippen LogP) is 4.35. The monoisotopic (exact) mass is 328 g/mol. The number of benzene rings is 2. The third-order valence-electron chi connectivity index (χ3n) is 3.01. The maximum Gasteiger partial charge on any atom is 0.173 e. The van der Waals surface area contributed by atoms with Gasteiger partial charge in [-0.1, -0.05) is 42.5 Å². The summed E-state index contributed by atoms with van der Waals surface area (Å²) in [6, 6.07) is 20.5. The molecule has 0 saturated carbocycles. The van der Waals surface area contributed by atoms with Crippen LogP contribution in [-0.4, -0.2) is 24.0 Å². The molecule has 0 aromatic heterocycles. The number of nitrogens with zero attached hydrogens (tertiary/aromatic N) is 1. The Balaban J connectivity index is 1.83. The lowest BCUT2D eigenvalue weighted by Crippen LogP contribution is -2.40. The number of nitrogens with one attached hydrogen (secondary N) is 1. The van der Waals surface area contributed by atoms with Crippen molar-refractivity contribution in [1.82, 2.24) is 5.32 Å². The summed E-state index contributed by atoms with van der Waals surface area (Å²) in [6.07, 6.45) is 1.86. The number of rotatable bonds is 7. The SMILES string of the molecule is C=CCN(C(=S)NCCSc1ccccc1)c1ccccc1. The minimum absolute atomic E-state index is 0.696. The molecule has 2 aromatic carbocycles. The van der Waals surface area contributed by atoms with Crippen molar-refractivity contribution >= 4 is 34.8 Å². The fourth-order valence-electron chi connectivity index (χ4n) is 1.98. The molecule has 2 nitrogen and oxygen atoms in total. The van der Waals surface area contributed by atoms with Crippen LogP contribution in [-0.2, 0) is 0 Å². The molecule has 0 aliphatic rings. The highest BCUT2D eigenvalue weighted by molar-refractivity contribution is 7.99. The third kappa shape index (κ3) is 5.20. The quantitative estimate of drug-likeness (QED) is 0.352. The Kier molecular flexibility index (Phi) is 7.00. The van der Waals surface area contributed by atoms with Crippen LogP contribution in [0.2, 0.25) is 0 Å². The van der Waals surface area contributed by atoms with E-state index in [1.165, 1.54) is 4.90 Å². The summed E-state index contributed by atoms with van der Waals surface area (Å²) >= 11 is 7.33. The molecule has 0 radical (unpaired) electrons. The van der Waals surface area contributed by atoms with Crippen molar-refractivity contribution in [2.75, 3.05) is 23.7 Å². The van der Waals surface area contributed by atoms with Gasteiger partial charge in [0.05, 0.1) is 0 Å². The first-order valence-corrected chi connectivity index (χ1v) is 8.60. The summed E-state index contributed by atoms with van der Waals surface area (Å²) in [5.41, 5.74) is 1.08. The molecule has 2 aromatic rings. The zero-order chi connectivity index (χ0) is 15.6. The first kappa shape index (κ1) is 16.6. The number of hydrogen-bond acceptors (Lipinski definition) is 2. The van der Waals surface area contributed by atoms with Crippen molar-refractivity contribution in [3.05, 3.63) is 73.3 Å². The standard InChI is InChI=1S/C18H20N2S2/c1-2-14-20(16-9-5-3-6-10-16)18(21)19-13-15-22-17-11-7-4-8-12-17/h2-12H,1,13-15H2,(H,19,21). The second-order valence-electron chi connectivity index (χ2n) is 4.63. The fraction of sp³-hybridized carbons (Fsp3) is 0.167. The van der Waals surface area contributed by atoms with Crippen molar-refractivity contribution in [1.29, 1.82) is 0 Å². The number of para-hydroxylation sites is 1. The van der Waals surface area contributed by atoms with Gasteiger partial charge in [0.1, 0.15) is 0 Å². The zero-order valence-electron chi connectivity index (χ0n) is 12.4. The van der Waals surface area contributed by atoms with Crippen molar-refractivity contribution in [3.8, 4) is 0 Å². The van der Waals surface area contributed by atoms with Crippen LogP contribution in [0.15, 0.2) is 78.2 Å². The maximum atomic E-state index is 5.51. The van der Waals surface area contributed by atoms with Crippen molar-refractivity contribution in [3.63, 3.8) is 0 Å². The zero-order valence-corrected chi connectivity index (χ0v) is 14.1. The van der Waals surface area contributed by atoms with Gasteiger partial charge in [0.15, 0.2) is 5.11 Å². The first-order valence-electron chi connectivity index (χ1n) is 7.20. The van der Waals surface area contributed by atoms with E-state index in [1.54, 1.807) is 0 Å². The summed E-state index contributed by atoms with van der Waals surface area (Å²) in [4.78, 5) is 3.33. The molecular formula is C18H20N2S2. The Morgan fingerprint density at radius 1 is 1.09 bits per heavy atom. The van der Waals surface area contributed by atoms with Gasteiger partial charge in [-0.05, 0) is 36.5 Å². The molecule has 4 heteroatoms. The lowest BCUT2D eigenvalue weighted by molar-refractivity contribution is 0.951. The number of thiocarbonyl (C=S) groups is 1. The lowest BCUT2D eigenvalue weighted by atomic mass is 10.3. The first-order chi connectivity index (χ1) is 10.8. The second-order valence-corrected chi connectivity index (χ2v) is 6.18. The topological polar surface area (TPSA) is 15.3 Å². The largest absolute Gasteiger partial charge is 0.361 e. The van der Waals surface area contributed by atoms with E-state index in [0.29, 0.717) is 6.54 Å². The van der Waals surface area contributed by atoms with E-state index >= 15 is 0 Å². The summed E-state index contributed by atoms with van der Waals surface area (Å²) in [6.45, 7) is 5.34. The highest BCUT2D eigenvalue weighted by atomic mass is 32.2. The number of anilines is 1. The van der Waals surface area contributed by atoms with Crippen LogP contribution in [0.3, 0.4) is 0 Å². The lowest BCUT2D eigenvalue weighted by Gasteiger charge is -2.24. The molecule has 0 atom stereocenters. The van der Waals surface area contributed by atoms with Crippen LogP contribution in [0.5, 0.6) is 0 Å². The van der Waals surface area contributed by atoms with E-state index < -0.39 is 0 Å². The van der Waals surface area contributed by atoms with Crippen molar-refractivity contribution in [2.45, 2.75) is 4.90 Å². The normalized spacial score (nSPS) is 10.0. The molecule has 1 N–H and O–H groups in total. The highest BCUT2D eigenvalue weighted by Crippen LogP contribution is 2.16. The van der Waals surface area contributed by atoms with E-state index in [1.807, 2.05) is 42.1 Å². The number of hydrogen-bond donors (Lipinski definition) is 1. The molecule has 114 valence electrons. The van der Waals surface area contributed by atoms with Gasteiger partial charge in [-0.2, -0.15) is 0 Å². The average molecular weight is 329 g/mol. The van der Waals surface area contributed by atoms with E-state index in [2.05, 4.69) is 53.2 Å². The van der Waals surface area contributed by atoms with E-state index in [9.17, 15) is 0 Å². The van der Waals surface area contributed by atoms with Gasteiger partial charge in [-0.3, -0.25) is 0 Å². The van der Waals surface area contributed by atoms with E-state index in [-0.39, 0.29) is 0 Å². The van der Waals surface area contributed by atoms with Crippen LogP contribution in [0, 0.1) is 0 Å². The smallest absolute Gasteiger partial charge is 0.173 e. The molecule has 0 amide bonds. The molecule has 0 bridgehead atoms. The Bertz CT molecular complexity index is 585. The average Bonchev–Trinajstić information content (AvgIpc) is 2.58. The minimum atomic E-state index is 0.696. The Morgan fingerprint density at radius 2 is 1.73 bits per heavy atom. The molecule has 22 heavy (non-hydrogen) atoms. The van der Waals surface area contributed by atoms with Crippen molar-refractivity contribution in [2.24, 2.45) is 0 Å². The van der Waals surface area contributed by atoms with Gasteiger partial charge in [-0.25, -0.2) is 0 Å². The molecular weight excluding hydrogens is 308 g/mol. The van der Waals surface area contributed by atoms with Crippen LogP contribution in [0.25, 0.3) is 0 Å². The summed E-state index contributed by atoms with van der Waals surface area (Å²) in [7, 11) is 0. The molecule has 0 spiro atoms. The maximum absolute atomic E-state index is 5.51. The molecule has 0 aliphatic carbocycles. The minimum Gasteiger partial charge on any atom is -0.361 e. The van der Waals surface area contributed by atoms with Gasteiger partial charge < -0.3 is 10.2 Å².